The van der Waals surface area contributed by atoms with Gasteiger partial charge in [-0.15, -0.1) is 0 Å². The second-order valence-electron chi connectivity index (χ2n) is 7.57. The van der Waals surface area contributed by atoms with Gasteiger partial charge in [0.1, 0.15) is 11.5 Å². The van der Waals surface area contributed by atoms with Crippen molar-refractivity contribution in [3.63, 3.8) is 0 Å². The van der Waals surface area contributed by atoms with E-state index in [2.05, 4.69) is 34.4 Å². The number of aromatic hydroxyl groups is 1. The number of hydrogen-bond acceptors (Lipinski definition) is 5. The van der Waals surface area contributed by atoms with Gasteiger partial charge in [-0.25, -0.2) is 0 Å². The summed E-state index contributed by atoms with van der Waals surface area (Å²) < 4.78 is 11.0. The van der Waals surface area contributed by atoms with Crippen LogP contribution in [0.1, 0.15) is 28.1 Å². The number of phenolic OH excluding ortho intramolecular Hbond substituents is 1. The molecular weight excluding hydrogens is 376 g/mol. The molecule has 30 heavy (non-hydrogen) atoms. The Balaban J connectivity index is 1.30. The first-order valence-corrected chi connectivity index (χ1v) is 10.2. The van der Waals surface area contributed by atoms with Crippen LogP contribution in [0.4, 0.5) is 0 Å². The number of aryl methyl sites for hydroxylation is 2. The van der Waals surface area contributed by atoms with E-state index in [0.717, 1.165) is 37.2 Å². The van der Waals surface area contributed by atoms with Crippen LogP contribution in [0.3, 0.4) is 0 Å². The van der Waals surface area contributed by atoms with E-state index in [9.17, 15) is 5.11 Å². The van der Waals surface area contributed by atoms with Gasteiger partial charge in [0.05, 0.1) is 12.2 Å². The molecule has 0 bridgehead atoms. The fourth-order valence-electron chi connectivity index (χ4n) is 3.81. The van der Waals surface area contributed by atoms with Gasteiger partial charge in [0, 0.05) is 12.8 Å². The molecule has 0 atom stereocenters. The molecule has 1 aliphatic heterocycles. The molecule has 150 valence electrons. The third kappa shape index (κ3) is 3.92. The number of nitrogens with zero attached hydrogens (tertiary/aromatic N) is 2. The van der Waals surface area contributed by atoms with E-state index < -0.39 is 0 Å². The lowest BCUT2D eigenvalue weighted by Crippen LogP contribution is -1.94. The summed E-state index contributed by atoms with van der Waals surface area (Å²) in [7, 11) is 0. The highest BCUT2D eigenvalue weighted by Gasteiger charge is 2.15. The van der Waals surface area contributed by atoms with Gasteiger partial charge in [-0.3, -0.25) is 0 Å². The second-order valence-corrected chi connectivity index (χ2v) is 7.57. The van der Waals surface area contributed by atoms with Crippen LogP contribution in [0, 0.1) is 0 Å². The van der Waals surface area contributed by atoms with E-state index in [1.54, 1.807) is 6.07 Å². The van der Waals surface area contributed by atoms with Gasteiger partial charge in [0.2, 0.25) is 0 Å². The average Bonchev–Trinajstić information content (AvgIpc) is 3.43. The van der Waals surface area contributed by atoms with Crippen molar-refractivity contribution in [2.75, 3.05) is 6.61 Å². The van der Waals surface area contributed by atoms with Crippen molar-refractivity contribution in [1.29, 1.82) is 0 Å². The zero-order chi connectivity index (χ0) is 20.3. The Morgan fingerprint density at radius 2 is 1.73 bits per heavy atom. The Morgan fingerprint density at radius 1 is 0.867 bits per heavy atom. The Morgan fingerprint density at radius 3 is 2.63 bits per heavy atom. The summed E-state index contributed by atoms with van der Waals surface area (Å²) in [6.07, 6.45) is 3.24. The Kier molecular flexibility index (Phi) is 4.93. The van der Waals surface area contributed by atoms with E-state index in [-0.39, 0.29) is 5.75 Å². The van der Waals surface area contributed by atoms with Gasteiger partial charge in [-0.05, 0) is 53.3 Å². The van der Waals surface area contributed by atoms with Crippen molar-refractivity contribution in [2.45, 2.75) is 25.7 Å². The summed E-state index contributed by atoms with van der Waals surface area (Å²) in [5, 5.41) is 14.4. The maximum atomic E-state index is 10.3. The maximum absolute atomic E-state index is 10.3. The van der Waals surface area contributed by atoms with E-state index in [1.807, 2.05) is 36.4 Å². The Bertz CT molecular complexity index is 1170. The van der Waals surface area contributed by atoms with Crippen molar-refractivity contribution < 1.29 is 14.4 Å². The SMILES string of the molecule is Oc1ccc(Cc2ccccc2)cc1-c1nc(CCc2ccc3c(c2)CCO3)no1. The van der Waals surface area contributed by atoms with Crippen molar-refractivity contribution >= 4 is 0 Å². The summed E-state index contributed by atoms with van der Waals surface area (Å²) in [5.41, 5.74) is 5.35. The molecule has 0 aliphatic carbocycles. The average molecular weight is 398 g/mol. The third-order valence-electron chi connectivity index (χ3n) is 5.40. The van der Waals surface area contributed by atoms with Crippen LogP contribution in [0.5, 0.6) is 11.5 Å². The minimum absolute atomic E-state index is 0.139. The van der Waals surface area contributed by atoms with Crippen LogP contribution < -0.4 is 4.74 Å². The number of ether oxygens (including phenoxy) is 1. The monoisotopic (exact) mass is 398 g/mol. The lowest BCUT2D eigenvalue weighted by Gasteiger charge is -2.05. The van der Waals surface area contributed by atoms with Crippen LogP contribution in [-0.4, -0.2) is 21.9 Å². The summed E-state index contributed by atoms with van der Waals surface area (Å²) >= 11 is 0. The molecule has 1 aromatic heterocycles. The van der Waals surface area contributed by atoms with Crippen LogP contribution >= 0.6 is 0 Å². The quantitative estimate of drug-likeness (QED) is 0.507. The van der Waals surface area contributed by atoms with Crippen molar-refractivity contribution in [3.05, 3.63) is 94.8 Å². The fourth-order valence-corrected chi connectivity index (χ4v) is 3.81. The molecule has 1 aliphatic rings. The number of aromatic nitrogens is 2. The molecule has 3 aromatic carbocycles. The lowest BCUT2D eigenvalue weighted by atomic mass is 10.0. The van der Waals surface area contributed by atoms with E-state index in [1.165, 1.54) is 16.7 Å². The molecule has 0 saturated carbocycles. The molecule has 0 amide bonds. The Labute approximate surface area is 175 Å². The number of phenols is 1. The van der Waals surface area contributed by atoms with E-state index in [4.69, 9.17) is 9.26 Å². The van der Waals surface area contributed by atoms with Crippen molar-refractivity contribution in [3.8, 4) is 23.0 Å². The van der Waals surface area contributed by atoms with Gasteiger partial charge >= 0.3 is 0 Å². The third-order valence-corrected chi connectivity index (χ3v) is 5.40. The van der Waals surface area contributed by atoms with Crippen molar-refractivity contribution in [1.82, 2.24) is 10.1 Å². The summed E-state index contributed by atoms with van der Waals surface area (Å²) in [6.45, 7) is 0.764. The molecule has 5 rings (SSSR count). The van der Waals surface area contributed by atoms with Gasteiger partial charge in [0.25, 0.3) is 5.89 Å². The van der Waals surface area contributed by atoms with Crippen LogP contribution in [0.15, 0.2) is 71.3 Å². The predicted octanol–water partition coefficient (Wildman–Crippen LogP) is 4.75. The molecule has 0 radical (unpaired) electrons. The first-order chi connectivity index (χ1) is 14.7. The standard InChI is InChI=1S/C25H22N2O3/c28-22-9-6-19(14-17-4-2-1-3-5-17)16-21(22)25-26-24(27-30-25)11-8-18-7-10-23-20(15-18)12-13-29-23/h1-7,9-10,15-16,28H,8,11-14H2. The normalized spacial score (nSPS) is 12.5. The number of benzene rings is 3. The zero-order valence-electron chi connectivity index (χ0n) is 16.5. The molecule has 0 fully saturated rings. The molecule has 2 heterocycles. The molecule has 5 nitrogen and oxygen atoms in total. The zero-order valence-corrected chi connectivity index (χ0v) is 16.5. The van der Waals surface area contributed by atoms with Gasteiger partial charge in [-0.2, -0.15) is 4.98 Å². The smallest absolute Gasteiger partial charge is 0.261 e. The molecule has 0 unspecified atom stereocenters. The summed E-state index contributed by atoms with van der Waals surface area (Å²) in [5.74, 6) is 2.11. The number of rotatable bonds is 6. The number of hydrogen-bond donors (Lipinski definition) is 1. The predicted molar refractivity (Wildman–Crippen MR) is 114 cm³/mol. The summed E-state index contributed by atoms with van der Waals surface area (Å²) in [6, 6.07) is 22.1. The van der Waals surface area contributed by atoms with Crippen LogP contribution in [0.25, 0.3) is 11.5 Å². The second kappa shape index (κ2) is 8.03. The topological polar surface area (TPSA) is 68.4 Å². The molecule has 1 N–H and O–H groups in total. The first-order valence-electron chi connectivity index (χ1n) is 10.2. The fraction of sp³-hybridized carbons (Fsp3) is 0.200. The first kappa shape index (κ1) is 18.4. The van der Waals surface area contributed by atoms with Crippen LogP contribution in [0.2, 0.25) is 0 Å². The molecule has 4 aromatic rings. The van der Waals surface area contributed by atoms with Gasteiger partial charge < -0.3 is 14.4 Å². The minimum atomic E-state index is 0.139. The Hall–Kier alpha value is -3.60. The molecule has 0 spiro atoms. The van der Waals surface area contributed by atoms with Gasteiger partial charge in [0.15, 0.2) is 5.82 Å². The summed E-state index contributed by atoms with van der Waals surface area (Å²) in [4.78, 5) is 4.51. The van der Waals surface area contributed by atoms with E-state index in [0.29, 0.717) is 23.7 Å². The highest BCUT2D eigenvalue weighted by atomic mass is 16.5. The maximum Gasteiger partial charge on any atom is 0.261 e. The van der Waals surface area contributed by atoms with Crippen LogP contribution in [-0.2, 0) is 25.7 Å². The van der Waals surface area contributed by atoms with Crippen molar-refractivity contribution in [2.24, 2.45) is 0 Å². The minimum Gasteiger partial charge on any atom is -0.507 e. The molecule has 0 saturated heterocycles. The highest BCUT2D eigenvalue weighted by molar-refractivity contribution is 5.63. The number of fused-ring (bicyclic) bond motifs is 1. The van der Waals surface area contributed by atoms with Gasteiger partial charge in [-0.1, -0.05) is 53.7 Å². The largest absolute Gasteiger partial charge is 0.507 e. The molecular formula is C25H22N2O3. The highest BCUT2D eigenvalue weighted by Crippen LogP contribution is 2.30. The molecule has 5 heteroatoms. The lowest BCUT2D eigenvalue weighted by molar-refractivity contribution is 0.357. The van der Waals surface area contributed by atoms with E-state index >= 15 is 0 Å².